The predicted molar refractivity (Wildman–Crippen MR) is 96.4 cm³/mol. The molecule has 4 rings (SSSR count). The Morgan fingerprint density at radius 3 is 2.19 bits per heavy atom. The number of carbonyl (C=O) groups is 1. The lowest BCUT2D eigenvalue weighted by molar-refractivity contribution is -0.131. The van der Waals surface area contributed by atoms with Gasteiger partial charge in [0, 0.05) is 13.1 Å². The molecule has 0 fully saturated rings. The molecule has 1 amide bonds. The molecular formula is C20H17N3O3. The van der Waals surface area contributed by atoms with Crippen LogP contribution in [0.15, 0.2) is 59.7 Å². The van der Waals surface area contributed by atoms with Crippen LogP contribution < -0.4 is 5.56 Å². The van der Waals surface area contributed by atoms with Crippen LogP contribution >= 0.6 is 0 Å². The number of amides is 1. The third-order valence-electron chi connectivity index (χ3n) is 4.65. The van der Waals surface area contributed by atoms with E-state index in [1.54, 1.807) is 4.90 Å². The van der Waals surface area contributed by atoms with Gasteiger partial charge in [0.2, 0.25) is 11.8 Å². The molecular weight excluding hydrogens is 330 g/mol. The Labute approximate surface area is 149 Å². The fourth-order valence-corrected chi connectivity index (χ4v) is 3.33. The van der Waals surface area contributed by atoms with Gasteiger partial charge in [-0.2, -0.15) is 0 Å². The van der Waals surface area contributed by atoms with Gasteiger partial charge in [-0.3, -0.25) is 9.59 Å². The van der Waals surface area contributed by atoms with Crippen LogP contribution in [0.2, 0.25) is 0 Å². The first-order chi connectivity index (χ1) is 12.6. The first-order valence-corrected chi connectivity index (χ1v) is 8.33. The van der Waals surface area contributed by atoms with E-state index in [1.165, 1.54) is 0 Å². The maximum Gasteiger partial charge on any atom is 0.258 e. The van der Waals surface area contributed by atoms with Gasteiger partial charge in [0.15, 0.2) is 0 Å². The zero-order valence-electron chi connectivity index (χ0n) is 14.0. The summed E-state index contributed by atoms with van der Waals surface area (Å²) in [5.41, 5.74) is 3.82. The first-order valence-electron chi connectivity index (χ1n) is 8.33. The molecule has 2 aromatic carbocycles. The van der Waals surface area contributed by atoms with Crippen LogP contribution in [0.5, 0.6) is 5.88 Å². The van der Waals surface area contributed by atoms with E-state index in [0.717, 1.165) is 28.6 Å². The van der Waals surface area contributed by atoms with Crippen molar-refractivity contribution < 1.29 is 9.90 Å². The van der Waals surface area contributed by atoms with E-state index < -0.39 is 11.4 Å². The average molecular weight is 347 g/mol. The standard InChI is InChI=1S/C20H17N3O3/c24-18(9-17-19(25)21-12-22-20(17)26)23-10-13-5-1-3-7-15(13)16-8-4-2-6-14(16)11-23/h1-8,12H,9-11H2,(H2,21,22,25,26). The number of aromatic amines is 1. The van der Waals surface area contributed by atoms with Crippen LogP contribution in [-0.4, -0.2) is 25.9 Å². The number of rotatable bonds is 2. The highest BCUT2D eigenvalue weighted by molar-refractivity contribution is 5.81. The number of benzene rings is 2. The lowest BCUT2D eigenvalue weighted by Gasteiger charge is -2.21. The summed E-state index contributed by atoms with van der Waals surface area (Å²) in [4.78, 5) is 32.5. The van der Waals surface area contributed by atoms with Crippen molar-refractivity contribution in [3.63, 3.8) is 0 Å². The molecule has 0 saturated heterocycles. The van der Waals surface area contributed by atoms with Crippen LogP contribution in [0.25, 0.3) is 11.1 Å². The molecule has 6 heteroatoms. The van der Waals surface area contributed by atoms with E-state index >= 15 is 0 Å². The molecule has 3 aromatic rings. The summed E-state index contributed by atoms with van der Waals surface area (Å²) in [6.07, 6.45) is 0.920. The van der Waals surface area contributed by atoms with E-state index in [4.69, 9.17) is 0 Å². The number of fused-ring (bicyclic) bond motifs is 3. The molecule has 26 heavy (non-hydrogen) atoms. The van der Waals surface area contributed by atoms with Crippen molar-refractivity contribution in [1.82, 2.24) is 14.9 Å². The molecule has 130 valence electrons. The molecule has 0 unspecified atom stereocenters. The summed E-state index contributed by atoms with van der Waals surface area (Å²) < 4.78 is 0. The Balaban J connectivity index is 1.70. The Morgan fingerprint density at radius 1 is 1.04 bits per heavy atom. The molecule has 0 aliphatic carbocycles. The third kappa shape index (κ3) is 2.86. The van der Waals surface area contributed by atoms with Crippen molar-refractivity contribution in [2.75, 3.05) is 0 Å². The molecule has 6 nitrogen and oxygen atoms in total. The number of nitrogens with zero attached hydrogens (tertiary/aromatic N) is 2. The molecule has 0 radical (unpaired) electrons. The average Bonchev–Trinajstić information content (AvgIpc) is 2.82. The number of hydrogen-bond donors (Lipinski definition) is 2. The SMILES string of the molecule is O=C(Cc1c(O)nc[nH]c1=O)N1Cc2ccccc2-c2ccccc2C1. The van der Waals surface area contributed by atoms with Gasteiger partial charge < -0.3 is 15.0 Å². The van der Waals surface area contributed by atoms with E-state index in [-0.39, 0.29) is 17.9 Å². The quantitative estimate of drug-likeness (QED) is 0.744. The molecule has 0 bridgehead atoms. The Kier molecular flexibility index (Phi) is 4.01. The van der Waals surface area contributed by atoms with Gasteiger partial charge in [0.25, 0.3) is 5.56 Å². The summed E-state index contributed by atoms with van der Waals surface area (Å²) >= 11 is 0. The van der Waals surface area contributed by atoms with E-state index in [0.29, 0.717) is 13.1 Å². The fraction of sp³-hybridized carbons (Fsp3) is 0.150. The minimum absolute atomic E-state index is 0.0108. The minimum Gasteiger partial charge on any atom is -0.493 e. The van der Waals surface area contributed by atoms with Crippen molar-refractivity contribution in [2.45, 2.75) is 19.5 Å². The summed E-state index contributed by atoms with van der Waals surface area (Å²) in [6, 6.07) is 16.0. The molecule has 1 aliphatic heterocycles. The van der Waals surface area contributed by atoms with Crippen LogP contribution in [0, 0.1) is 0 Å². The number of aromatic nitrogens is 2. The highest BCUT2D eigenvalue weighted by atomic mass is 16.3. The minimum atomic E-state index is -0.499. The van der Waals surface area contributed by atoms with Crippen molar-refractivity contribution >= 4 is 5.91 Å². The van der Waals surface area contributed by atoms with Gasteiger partial charge in [-0.25, -0.2) is 4.98 Å². The number of H-pyrrole nitrogens is 1. The number of aromatic hydroxyl groups is 1. The molecule has 0 spiro atoms. The van der Waals surface area contributed by atoms with Crippen LogP contribution in [0.1, 0.15) is 16.7 Å². The summed E-state index contributed by atoms with van der Waals surface area (Å²) in [5.74, 6) is -0.636. The van der Waals surface area contributed by atoms with E-state index in [9.17, 15) is 14.7 Å². The third-order valence-corrected chi connectivity index (χ3v) is 4.65. The van der Waals surface area contributed by atoms with Crippen molar-refractivity contribution in [2.24, 2.45) is 0 Å². The van der Waals surface area contributed by atoms with Crippen LogP contribution in [-0.2, 0) is 24.3 Å². The van der Waals surface area contributed by atoms with Gasteiger partial charge in [0.1, 0.15) is 0 Å². The molecule has 2 heterocycles. The Bertz CT molecular complexity index is 995. The fourth-order valence-electron chi connectivity index (χ4n) is 3.33. The van der Waals surface area contributed by atoms with Crippen molar-refractivity contribution in [3.05, 3.63) is 81.9 Å². The summed E-state index contributed by atoms with van der Waals surface area (Å²) in [5, 5.41) is 9.81. The lowest BCUT2D eigenvalue weighted by Crippen LogP contribution is -2.32. The largest absolute Gasteiger partial charge is 0.493 e. The van der Waals surface area contributed by atoms with Gasteiger partial charge in [-0.15, -0.1) is 0 Å². The lowest BCUT2D eigenvalue weighted by atomic mass is 9.97. The smallest absolute Gasteiger partial charge is 0.258 e. The van der Waals surface area contributed by atoms with Crippen molar-refractivity contribution in [3.8, 4) is 17.0 Å². The molecule has 1 aliphatic rings. The van der Waals surface area contributed by atoms with E-state index in [1.807, 2.05) is 36.4 Å². The predicted octanol–water partition coefficient (Wildman–Crippen LogP) is 2.23. The van der Waals surface area contributed by atoms with Crippen LogP contribution in [0.4, 0.5) is 0 Å². The molecule has 0 atom stereocenters. The van der Waals surface area contributed by atoms with Gasteiger partial charge in [-0.1, -0.05) is 48.5 Å². The van der Waals surface area contributed by atoms with Gasteiger partial charge >= 0.3 is 0 Å². The van der Waals surface area contributed by atoms with E-state index in [2.05, 4.69) is 22.1 Å². The topological polar surface area (TPSA) is 86.3 Å². The monoisotopic (exact) mass is 347 g/mol. The second kappa shape index (κ2) is 6.48. The second-order valence-electron chi connectivity index (χ2n) is 6.27. The van der Waals surface area contributed by atoms with Crippen LogP contribution in [0.3, 0.4) is 0 Å². The molecule has 2 N–H and O–H groups in total. The second-order valence-corrected chi connectivity index (χ2v) is 6.27. The normalized spacial score (nSPS) is 12.8. The number of carbonyl (C=O) groups excluding carboxylic acids is 1. The summed E-state index contributed by atoms with van der Waals surface area (Å²) in [6.45, 7) is 0.894. The van der Waals surface area contributed by atoms with Crippen molar-refractivity contribution in [1.29, 1.82) is 0 Å². The molecule has 1 aromatic heterocycles. The number of nitrogens with one attached hydrogen (secondary N) is 1. The highest BCUT2D eigenvalue weighted by Gasteiger charge is 2.24. The van der Waals surface area contributed by atoms with Gasteiger partial charge in [-0.05, 0) is 22.3 Å². The maximum atomic E-state index is 12.9. The zero-order chi connectivity index (χ0) is 18.1. The summed E-state index contributed by atoms with van der Waals surface area (Å²) in [7, 11) is 0. The Morgan fingerprint density at radius 2 is 1.62 bits per heavy atom. The highest BCUT2D eigenvalue weighted by Crippen LogP contribution is 2.32. The maximum absolute atomic E-state index is 12.9. The Hall–Kier alpha value is -3.41. The molecule has 0 saturated carbocycles. The van der Waals surface area contributed by atoms with Gasteiger partial charge in [0.05, 0.1) is 18.3 Å². The first kappa shape index (κ1) is 16.1. The number of hydrogen-bond acceptors (Lipinski definition) is 4. The zero-order valence-corrected chi connectivity index (χ0v) is 14.0.